The first-order valence-electron chi connectivity index (χ1n) is 13.4. The van der Waals surface area contributed by atoms with Gasteiger partial charge >= 0.3 is 17.1 Å². The highest BCUT2D eigenvalue weighted by Gasteiger charge is 2.59. The molecule has 37 heavy (non-hydrogen) atoms. The second kappa shape index (κ2) is 10.6. The first-order valence-corrected chi connectivity index (χ1v) is 17.4. The third kappa shape index (κ3) is 4.69. The Balaban J connectivity index is 1.75. The molecule has 0 N–H and O–H groups in total. The largest absolute Gasteiger partial charge is 0.414 e. The maximum Gasteiger partial charge on any atom is 0.334 e. The summed E-state index contributed by atoms with van der Waals surface area (Å²) < 4.78 is 25.0. The summed E-state index contributed by atoms with van der Waals surface area (Å²) in [6.45, 7) is 18.7. The van der Waals surface area contributed by atoms with Gasteiger partial charge < -0.3 is 22.4 Å². The quantitative estimate of drug-likeness (QED) is 0.385. The molecular weight excluding hydrogens is 504 g/mol. The van der Waals surface area contributed by atoms with Crippen molar-refractivity contribution >= 4 is 28.3 Å². The molecule has 12 heteroatoms. The van der Waals surface area contributed by atoms with E-state index < -0.39 is 17.1 Å². The summed E-state index contributed by atoms with van der Waals surface area (Å²) in [5.74, 6) is 0.260. The lowest BCUT2D eigenvalue weighted by atomic mass is 10.1. The lowest BCUT2D eigenvalue weighted by Crippen LogP contribution is -2.64. The summed E-state index contributed by atoms with van der Waals surface area (Å²) >= 11 is 0. The second-order valence-corrected chi connectivity index (χ2v) is 20.5. The van der Waals surface area contributed by atoms with Crippen molar-refractivity contribution in [1.29, 1.82) is 5.26 Å². The van der Waals surface area contributed by atoms with Gasteiger partial charge in [-0.2, -0.15) is 9.99 Å². The van der Waals surface area contributed by atoms with Gasteiger partial charge in [-0.05, 0) is 35.0 Å². The summed E-state index contributed by atoms with van der Waals surface area (Å²) in [6.07, 6.45) is 6.96. The molecule has 204 valence electrons. The number of hydrogen-bond donors (Lipinski definition) is 0. The zero-order valence-electron chi connectivity index (χ0n) is 23.6. The van der Waals surface area contributed by atoms with Gasteiger partial charge in [0.25, 0.3) is 0 Å². The van der Waals surface area contributed by atoms with Crippen LogP contribution in [0, 0.1) is 17.4 Å². The minimum Gasteiger partial charge on any atom is -0.414 e. The summed E-state index contributed by atoms with van der Waals surface area (Å²) in [5, 5.41) is 9.19. The van der Waals surface area contributed by atoms with E-state index in [0.29, 0.717) is 45.4 Å². The van der Waals surface area contributed by atoms with Gasteiger partial charge in [0.05, 0.1) is 12.4 Å². The fourth-order valence-electron chi connectivity index (χ4n) is 6.25. The predicted molar refractivity (Wildman–Crippen MR) is 145 cm³/mol. The fraction of sp³-hybridized carbons (Fsp3) is 0.760. The summed E-state index contributed by atoms with van der Waals surface area (Å²) in [4.78, 5) is 18.4. The van der Waals surface area contributed by atoms with Crippen LogP contribution in [0.25, 0.3) is 11.2 Å². The number of imidazole rings is 1. The number of nitriles is 1. The van der Waals surface area contributed by atoms with Crippen molar-refractivity contribution in [2.75, 3.05) is 13.7 Å². The number of nitrogens with zero attached hydrogens (tertiary/aromatic N) is 6. The van der Waals surface area contributed by atoms with E-state index in [-0.39, 0.29) is 18.1 Å². The Morgan fingerprint density at radius 1 is 1.00 bits per heavy atom. The van der Waals surface area contributed by atoms with Gasteiger partial charge in [0, 0.05) is 18.6 Å². The Bertz CT molecular complexity index is 1200. The first-order chi connectivity index (χ1) is 17.5. The molecule has 3 heterocycles. The van der Waals surface area contributed by atoms with Crippen molar-refractivity contribution in [3.05, 3.63) is 18.1 Å². The van der Waals surface area contributed by atoms with Crippen LogP contribution in [0.3, 0.4) is 0 Å². The van der Waals surface area contributed by atoms with Gasteiger partial charge in [-0.3, -0.25) is 0 Å². The molecule has 2 aliphatic rings. The van der Waals surface area contributed by atoms with E-state index in [9.17, 15) is 5.26 Å². The van der Waals surface area contributed by atoms with E-state index >= 15 is 0 Å². The highest BCUT2D eigenvalue weighted by Crippen LogP contribution is 2.50. The number of hydrogen-bond acceptors (Lipinski definition) is 8. The van der Waals surface area contributed by atoms with E-state index in [1.54, 1.807) is 6.33 Å². The van der Waals surface area contributed by atoms with Crippen molar-refractivity contribution in [2.45, 2.75) is 103 Å². The number of aromatic nitrogens is 4. The zero-order valence-corrected chi connectivity index (χ0v) is 25.6. The minimum absolute atomic E-state index is 0.0427. The minimum atomic E-state index is -2.64. The zero-order chi connectivity index (χ0) is 27.1. The molecule has 2 aromatic rings. The molecular formula is C25H42N6O4Si2. The van der Waals surface area contributed by atoms with Crippen molar-refractivity contribution in [3.63, 3.8) is 0 Å². The number of fused-ring (bicyclic) bond motifs is 2. The van der Waals surface area contributed by atoms with Crippen LogP contribution >= 0.6 is 0 Å². The Kier molecular flexibility index (Phi) is 8.02. The van der Waals surface area contributed by atoms with Crippen LogP contribution in [0.15, 0.2) is 17.6 Å². The summed E-state index contributed by atoms with van der Waals surface area (Å²) in [6, 6.07) is 0.141. The molecule has 1 saturated carbocycles. The predicted octanol–water partition coefficient (Wildman–Crippen LogP) is 4.58. The molecule has 0 amide bonds. The van der Waals surface area contributed by atoms with Gasteiger partial charge in [0.1, 0.15) is 13.4 Å². The molecule has 3 atom stereocenters. The molecule has 1 aliphatic heterocycles. The molecule has 2 fully saturated rings. The van der Waals surface area contributed by atoms with Crippen molar-refractivity contribution in [1.82, 2.24) is 19.3 Å². The topological polar surface area (TPSA) is 109 Å². The van der Waals surface area contributed by atoms with Crippen LogP contribution < -0.4 is 10.3 Å². The highest BCUT2D eigenvalue weighted by atomic mass is 28.5. The van der Waals surface area contributed by atoms with E-state index in [4.69, 9.17) is 17.8 Å². The van der Waals surface area contributed by atoms with E-state index in [1.807, 2.05) is 6.19 Å². The summed E-state index contributed by atoms with van der Waals surface area (Å²) in [5.41, 5.74) is 2.80. The second-order valence-electron chi connectivity index (χ2n) is 11.6. The summed E-state index contributed by atoms with van der Waals surface area (Å²) in [7, 11) is -3.69. The van der Waals surface area contributed by atoms with Crippen molar-refractivity contribution in [2.24, 2.45) is 10.9 Å². The van der Waals surface area contributed by atoms with Crippen molar-refractivity contribution < 1.29 is 17.8 Å². The van der Waals surface area contributed by atoms with Gasteiger partial charge in [0.15, 0.2) is 11.2 Å². The van der Waals surface area contributed by atoms with Crippen LogP contribution in [0.4, 0.5) is 0 Å². The van der Waals surface area contributed by atoms with Crippen LogP contribution in [-0.4, -0.2) is 56.2 Å². The smallest absolute Gasteiger partial charge is 0.334 e. The molecule has 0 unspecified atom stereocenters. The average molecular weight is 547 g/mol. The van der Waals surface area contributed by atoms with Gasteiger partial charge in [-0.25, -0.2) is 9.97 Å². The van der Waals surface area contributed by atoms with Gasteiger partial charge in [-0.15, -0.1) is 4.99 Å². The molecule has 10 nitrogen and oxygen atoms in total. The monoisotopic (exact) mass is 546 g/mol. The van der Waals surface area contributed by atoms with Crippen molar-refractivity contribution in [3.8, 4) is 6.19 Å². The Hall–Kier alpha value is -2.05. The van der Waals surface area contributed by atoms with Crippen LogP contribution in [-0.2, 0) is 13.0 Å². The Morgan fingerprint density at radius 3 is 2.22 bits per heavy atom. The van der Waals surface area contributed by atoms with E-state index in [1.165, 1.54) is 18.2 Å². The molecule has 1 aliphatic carbocycles. The standard InChI is InChI=1S/C25H42N6O4Si2/c1-16(2)36(17(3)4)33-12-20-10-21(11-22(20)34-37(35-36,18(5)6)19(7)8)30-14-28-23-24(30)29-15-31(32-9)25(23)27-13-26/h14-22H,10-12H2,1-9H3/b27-25+/t20-,21-,22+/m1/s1. The molecule has 0 bridgehead atoms. The Labute approximate surface area is 222 Å². The lowest BCUT2D eigenvalue weighted by molar-refractivity contribution is 0.0367. The fourth-order valence-corrected chi connectivity index (χ4v) is 17.6. The maximum atomic E-state index is 9.19. The SMILES string of the molecule is COn1cnc2c(ncn2[C@@H]2C[C@@H]3CO[Si](C(C)C)(C(C)C)O[Si](C(C)C)(C(C)C)O[C@H]3C2)/c1=N\C#N. The molecule has 4 rings (SSSR count). The first kappa shape index (κ1) is 28.0. The van der Waals surface area contributed by atoms with Crippen LogP contribution in [0.2, 0.25) is 22.2 Å². The highest BCUT2D eigenvalue weighted by molar-refractivity contribution is 6.83. The molecule has 0 radical (unpaired) electrons. The number of rotatable bonds is 6. The van der Waals surface area contributed by atoms with E-state index in [2.05, 4.69) is 74.9 Å². The van der Waals surface area contributed by atoms with E-state index in [0.717, 1.165) is 12.8 Å². The third-order valence-corrected chi connectivity index (χ3v) is 18.5. The molecule has 0 spiro atoms. The van der Waals surface area contributed by atoms with Crippen LogP contribution in [0.5, 0.6) is 0 Å². The van der Waals surface area contributed by atoms with Gasteiger partial charge in [-0.1, -0.05) is 55.4 Å². The maximum absolute atomic E-state index is 9.19. The average Bonchev–Trinajstić information content (AvgIpc) is 3.42. The van der Waals surface area contributed by atoms with Gasteiger partial charge in [0.2, 0.25) is 11.7 Å². The normalized spacial score (nSPS) is 26.1. The molecule has 1 saturated heterocycles. The third-order valence-electron chi connectivity index (χ3n) is 8.22. The Morgan fingerprint density at radius 2 is 1.65 bits per heavy atom. The lowest BCUT2D eigenvalue weighted by Gasteiger charge is -2.51. The van der Waals surface area contributed by atoms with Crippen LogP contribution in [0.1, 0.15) is 74.3 Å². The molecule has 0 aromatic carbocycles. The molecule has 2 aromatic heterocycles.